The lowest BCUT2D eigenvalue weighted by Crippen LogP contribution is -2.17. The van der Waals surface area contributed by atoms with Gasteiger partial charge in [0.2, 0.25) is 0 Å². The largest absolute Gasteiger partial charge is 0.493 e. The summed E-state index contributed by atoms with van der Waals surface area (Å²) < 4.78 is 12.8. The summed E-state index contributed by atoms with van der Waals surface area (Å²) in [6.45, 7) is 4.14. The van der Waals surface area contributed by atoms with Crippen LogP contribution in [0.15, 0.2) is 65.1 Å². The van der Waals surface area contributed by atoms with Crippen LogP contribution in [0, 0.1) is 6.92 Å². The fourth-order valence-electron chi connectivity index (χ4n) is 3.74. The van der Waals surface area contributed by atoms with E-state index in [1.807, 2.05) is 30.3 Å². The highest BCUT2D eigenvalue weighted by atomic mass is 79.9. The Hall–Kier alpha value is -2.83. The normalized spacial score (nSPS) is 11.1. The summed E-state index contributed by atoms with van der Waals surface area (Å²) in [6.07, 6.45) is 1.89. The molecule has 4 aromatic rings. The number of aromatic nitrogens is 2. The molecule has 0 saturated carbocycles. The number of nitrogens with one attached hydrogen (secondary N) is 2. The maximum absolute atomic E-state index is 6.23. The van der Waals surface area contributed by atoms with Gasteiger partial charge in [-0.2, -0.15) is 0 Å². The summed E-state index contributed by atoms with van der Waals surface area (Å²) in [5.41, 5.74) is 5.52. The van der Waals surface area contributed by atoms with E-state index < -0.39 is 0 Å². The van der Waals surface area contributed by atoms with Crippen LogP contribution in [0.3, 0.4) is 0 Å². The zero-order chi connectivity index (χ0) is 22.3. The van der Waals surface area contributed by atoms with Gasteiger partial charge in [0.15, 0.2) is 11.5 Å². The van der Waals surface area contributed by atoms with E-state index >= 15 is 0 Å². The van der Waals surface area contributed by atoms with Crippen molar-refractivity contribution >= 4 is 27.0 Å². The lowest BCUT2D eigenvalue weighted by Gasteiger charge is -2.17. The van der Waals surface area contributed by atoms with Gasteiger partial charge in [-0.15, -0.1) is 0 Å². The standard InChI is InChI=1S/C26H28BrN3O2/c1-18-7-5-8-19(15-18)17-32-26-20(21(27)12-13-24(26)31-2)16-28-14-6-11-25-29-22-9-3-4-10-23(22)30-25/h3-5,7-10,12-13,15,28H,6,11,14,16-17H2,1-2H3,(H,29,30). The van der Waals surface area contributed by atoms with E-state index in [0.29, 0.717) is 13.2 Å². The second-order valence-corrected chi connectivity index (χ2v) is 8.67. The van der Waals surface area contributed by atoms with Gasteiger partial charge in [0.1, 0.15) is 12.4 Å². The van der Waals surface area contributed by atoms with Gasteiger partial charge in [0, 0.05) is 23.0 Å². The molecule has 1 heterocycles. The number of fused-ring (bicyclic) bond motifs is 1. The van der Waals surface area contributed by atoms with Gasteiger partial charge < -0.3 is 19.8 Å². The molecule has 0 radical (unpaired) electrons. The van der Waals surface area contributed by atoms with Gasteiger partial charge >= 0.3 is 0 Å². The van der Waals surface area contributed by atoms with Crippen LogP contribution in [0.2, 0.25) is 0 Å². The molecule has 0 aliphatic rings. The first-order valence-corrected chi connectivity index (χ1v) is 11.6. The first kappa shape index (κ1) is 22.4. The minimum Gasteiger partial charge on any atom is -0.493 e. The predicted molar refractivity (Wildman–Crippen MR) is 132 cm³/mol. The van der Waals surface area contributed by atoms with E-state index in [2.05, 4.69) is 68.5 Å². The van der Waals surface area contributed by atoms with Crippen LogP contribution in [0.4, 0.5) is 0 Å². The zero-order valence-corrected chi connectivity index (χ0v) is 20.0. The number of ether oxygens (including phenoxy) is 2. The Morgan fingerprint density at radius 1 is 1.06 bits per heavy atom. The molecular formula is C26H28BrN3O2. The molecule has 2 N–H and O–H groups in total. The minimum absolute atomic E-state index is 0.494. The highest BCUT2D eigenvalue weighted by Crippen LogP contribution is 2.36. The molecule has 32 heavy (non-hydrogen) atoms. The van der Waals surface area contributed by atoms with E-state index in [0.717, 1.165) is 63.3 Å². The third-order valence-electron chi connectivity index (χ3n) is 5.36. The SMILES string of the molecule is COc1ccc(Br)c(CNCCCc2nc3ccccc3[nH]2)c1OCc1cccc(C)c1. The Kier molecular flexibility index (Phi) is 7.45. The van der Waals surface area contributed by atoms with Crippen LogP contribution < -0.4 is 14.8 Å². The number of imidazole rings is 1. The number of rotatable bonds is 10. The monoisotopic (exact) mass is 493 g/mol. The molecular weight excluding hydrogens is 466 g/mol. The number of methoxy groups -OCH3 is 1. The van der Waals surface area contributed by atoms with Crippen LogP contribution in [-0.4, -0.2) is 23.6 Å². The van der Waals surface area contributed by atoms with Gasteiger partial charge in [0.05, 0.1) is 18.1 Å². The van der Waals surface area contributed by atoms with Crippen molar-refractivity contribution in [3.05, 3.63) is 87.7 Å². The third-order valence-corrected chi connectivity index (χ3v) is 6.10. The van der Waals surface area contributed by atoms with Crippen molar-refractivity contribution in [2.45, 2.75) is 32.9 Å². The molecule has 0 fully saturated rings. The molecule has 0 aliphatic carbocycles. The second kappa shape index (κ2) is 10.7. The first-order chi connectivity index (χ1) is 15.6. The minimum atomic E-state index is 0.494. The van der Waals surface area contributed by atoms with Gasteiger partial charge in [-0.05, 0) is 49.7 Å². The molecule has 5 nitrogen and oxygen atoms in total. The number of para-hydroxylation sites is 2. The van der Waals surface area contributed by atoms with E-state index in [9.17, 15) is 0 Å². The number of H-pyrrole nitrogens is 1. The van der Waals surface area contributed by atoms with Crippen molar-refractivity contribution in [3.63, 3.8) is 0 Å². The molecule has 0 atom stereocenters. The molecule has 0 amide bonds. The molecule has 6 heteroatoms. The Morgan fingerprint density at radius 2 is 1.94 bits per heavy atom. The van der Waals surface area contributed by atoms with Gasteiger partial charge in [-0.3, -0.25) is 0 Å². The van der Waals surface area contributed by atoms with Gasteiger partial charge in [0.25, 0.3) is 0 Å². The summed E-state index contributed by atoms with van der Waals surface area (Å²) in [4.78, 5) is 8.04. The summed E-state index contributed by atoms with van der Waals surface area (Å²) in [5.74, 6) is 2.53. The van der Waals surface area contributed by atoms with Crippen molar-refractivity contribution in [2.24, 2.45) is 0 Å². The average Bonchev–Trinajstić information content (AvgIpc) is 3.21. The maximum Gasteiger partial charge on any atom is 0.167 e. The van der Waals surface area contributed by atoms with E-state index in [1.54, 1.807) is 7.11 Å². The van der Waals surface area contributed by atoms with Crippen LogP contribution >= 0.6 is 15.9 Å². The maximum atomic E-state index is 6.23. The third kappa shape index (κ3) is 5.50. The number of aryl methyl sites for hydroxylation is 2. The Balaban J connectivity index is 1.36. The number of benzene rings is 3. The van der Waals surface area contributed by atoms with Crippen molar-refractivity contribution in [3.8, 4) is 11.5 Å². The Labute approximate surface area is 197 Å². The predicted octanol–water partition coefficient (Wildman–Crippen LogP) is 5.94. The fraction of sp³-hybridized carbons (Fsp3) is 0.269. The lowest BCUT2D eigenvalue weighted by atomic mass is 10.1. The molecule has 166 valence electrons. The quantitative estimate of drug-likeness (QED) is 0.268. The highest BCUT2D eigenvalue weighted by molar-refractivity contribution is 9.10. The molecule has 1 aromatic heterocycles. The van der Waals surface area contributed by atoms with E-state index in [4.69, 9.17) is 9.47 Å². The van der Waals surface area contributed by atoms with E-state index in [1.165, 1.54) is 5.56 Å². The van der Waals surface area contributed by atoms with Crippen molar-refractivity contribution in [1.82, 2.24) is 15.3 Å². The zero-order valence-electron chi connectivity index (χ0n) is 18.5. The van der Waals surface area contributed by atoms with Crippen molar-refractivity contribution in [1.29, 1.82) is 0 Å². The van der Waals surface area contributed by atoms with Crippen LogP contribution in [-0.2, 0) is 19.6 Å². The number of halogens is 1. The summed E-state index contributed by atoms with van der Waals surface area (Å²) >= 11 is 3.68. The number of nitrogens with zero attached hydrogens (tertiary/aromatic N) is 1. The van der Waals surface area contributed by atoms with Crippen molar-refractivity contribution in [2.75, 3.05) is 13.7 Å². The average molecular weight is 494 g/mol. The second-order valence-electron chi connectivity index (χ2n) is 7.82. The van der Waals surface area contributed by atoms with Gasteiger partial charge in [-0.25, -0.2) is 4.98 Å². The highest BCUT2D eigenvalue weighted by Gasteiger charge is 2.15. The first-order valence-electron chi connectivity index (χ1n) is 10.8. The topological polar surface area (TPSA) is 59.2 Å². The summed E-state index contributed by atoms with van der Waals surface area (Å²) in [5, 5.41) is 3.54. The van der Waals surface area contributed by atoms with E-state index in [-0.39, 0.29) is 0 Å². The molecule has 0 unspecified atom stereocenters. The molecule has 0 bridgehead atoms. The van der Waals surface area contributed by atoms with Crippen LogP contribution in [0.5, 0.6) is 11.5 Å². The molecule has 0 spiro atoms. The Bertz CT molecular complexity index is 1160. The number of aromatic amines is 1. The van der Waals surface area contributed by atoms with Crippen LogP contribution in [0.25, 0.3) is 11.0 Å². The lowest BCUT2D eigenvalue weighted by molar-refractivity contribution is 0.280. The molecule has 3 aromatic carbocycles. The van der Waals surface area contributed by atoms with Crippen molar-refractivity contribution < 1.29 is 9.47 Å². The smallest absolute Gasteiger partial charge is 0.167 e. The molecule has 0 saturated heterocycles. The van der Waals surface area contributed by atoms with Gasteiger partial charge in [-0.1, -0.05) is 57.9 Å². The fourth-order valence-corrected chi connectivity index (χ4v) is 4.19. The van der Waals surface area contributed by atoms with Crippen LogP contribution in [0.1, 0.15) is 28.9 Å². The summed E-state index contributed by atoms with van der Waals surface area (Å²) in [7, 11) is 1.67. The Morgan fingerprint density at radius 3 is 2.75 bits per heavy atom. The number of hydrogen-bond acceptors (Lipinski definition) is 4. The molecule has 0 aliphatic heterocycles. The molecule has 4 rings (SSSR count). The summed E-state index contributed by atoms with van der Waals surface area (Å²) in [6, 6.07) is 20.4. The number of hydrogen-bond donors (Lipinski definition) is 2.